The van der Waals surface area contributed by atoms with Crippen molar-refractivity contribution in [3.63, 3.8) is 0 Å². The molecule has 1 heterocycles. The highest BCUT2D eigenvalue weighted by molar-refractivity contribution is 6.34. The van der Waals surface area contributed by atoms with Gasteiger partial charge in [-0.1, -0.05) is 24.6 Å². The third kappa shape index (κ3) is 6.03. The first-order valence-corrected chi connectivity index (χ1v) is 12.0. The van der Waals surface area contributed by atoms with Crippen molar-refractivity contribution in [2.45, 2.75) is 27.7 Å². The van der Waals surface area contributed by atoms with Gasteiger partial charge >= 0.3 is 0 Å². The second-order valence-electron chi connectivity index (χ2n) is 7.61. The van der Waals surface area contributed by atoms with Crippen LogP contribution in [-0.4, -0.2) is 63.4 Å². The van der Waals surface area contributed by atoms with Crippen LogP contribution in [0.5, 0.6) is 17.2 Å². The van der Waals surface area contributed by atoms with Gasteiger partial charge in [-0.25, -0.2) is 0 Å². The standard InChI is InChI=1S/C25H34ClN3O4/c1-5-28-12-14-29(15-13-28)23-19(26)10-9-11-20(23)27-25(30)18-16-21(31-6-2)24(33-8-4)22(17-18)32-7-3/h9-11,16-17H,5-8,12-15H2,1-4H3,(H,27,30). The number of anilines is 2. The summed E-state index contributed by atoms with van der Waals surface area (Å²) >= 11 is 6.59. The lowest BCUT2D eigenvalue weighted by molar-refractivity contribution is 0.102. The van der Waals surface area contributed by atoms with Gasteiger partial charge in [0.15, 0.2) is 11.5 Å². The van der Waals surface area contributed by atoms with E-state index in [2.05, 4.69) is 22.0 Å². The second kappa shape index (κ2) is 12.0. The van der Waals surface area contributed by atoms with Crippen LogP contribution in [0, 0.1) is 0 Å². The molecule has 1 aliphatic rings. The Kier molecular flexibility index (Phi) is 9.09. The van der Waals surface area contributed by atoms with Gasteiger partial charge in [-0.3, -0.25) is 4.79 Å². The van der Waals surface area contributed by atoms with E-state index in [4.69, 9.17) is 25.8 Å². The summed E-state index contributed by atoms with van der Waals surface area (Å²) in [6.07, 6.45) is 0. The largest absolute Gasteiger partial charge is 0.490 e. The van der Waals surface area contributed by atoms with Gasteiger partial charge in [0.2, 0.25) is 5.75 Å². The number of amides is 1. The van der Waals surface area contributed by atoms with Crippen molar-refractivity contribution < 1.29 is 19.0 Å². The van der Waals surface area contributed by atoms with Gasteiger partial charge in [0.1, 0.15) is 0 Å². The summed E-state index contributed by atoms with van der Waals surface area (Å²) in [5, 5.41) is 3.67. The average Bonchev–Trinajstić information content (AvgIpc) is 2.81. The third-order valence-corrected chi connectivity index (χ3v) is 5.85. The van der Waals surface area contributed by atoms with Gasteiger partial charge in [-0.2, -0.15) is 0 Å². The van der Waals surface area contributed by atoms with Crippen molar-refractivity contribution >= 4 is 28.9 Å². The highest BCUT2D eigenvalue weighted by atomic mass is 35.5. The maximum Gasteiger partial charge on any atom is 0.255 e. The first-order chi connectivity index (χ1) is 16.0. The number of benzene rings is 2. The molecule has 0 spiro atoms. The lowest BCUT2D eigenvalue weighted by Gasteiger charge is -2.36. The molecular formula is C25H34ClN3O4. The predicted octanol–water partition coefficient (Wildman–Crippen LogP) is 4.93. The van der Waals surface area contributed by atoms with E-state index in [0.717, 1.165) is 38.4 Å². The zero-order valence-corrected chi connectivity index (χ0v) is 20.7. The number of hydrogen-bond donors (Lipinski definition) is 1. The molecule has 1 N–H and O–H groups in total. The first-order valence-electron chi connectivity index (χ1n) is 11.7. The monoisotopic (exact) mass is 475 g/mol. The molecule has 8 heteroatoms. The molecule has 2 aromatic carbocycles. The summed E-state index contributed by atoms with van der Waals surface area (Å²) in [4.78, 5) is 17.9. The lowest BCUT2D eigenvalue weighted by Crippen LogP contribution is -2.46. The first kappa shape index (κ1) is 25.0. The average molecular weight is 476 g/mol. The molecule has 1 aliphatic heterocycles. The van der Waals surface area contributed by atoms with E-state index < -0.39 is 0 Å². The summed E-state index contributed by atoms with van der Waals surface area (Å²) in [6.45, 7) is 13.8. The Labute approximate surface area is 201 Å². The highest BCUT2D eigenvalue weighted by Gasteiger charge is 2.23. The number of carbonyl (C=O) groups is 1. The molecule has 0 radical (unpaired) electrons. The Balaban J connectivity index is 1.90. The predicted molar refractivity (Wildman–Crippen MR) is 134 cm³/mol. The van der Waals surface area contributed by atoms with Crippen LogP contribution >= 0.6 is 11.6 Å². The van der Waals surface area contributed by atoms with Gasteiger partial charge in [-0.15, -0.1) is 0 Å². The molecule has 0 aromatic heterocycles. The second-order valence-corrected chi connectivity index (χ2v) is 8.02. The van der Waals surface area contributed by atoms with Crippen LogP contribution < -0.4 is 24.4 Å². The van der Waals surface area contributed by atoms with Crippen LogP contribution in [0.2, 0.25) is 5.02 Å². The fourth-order valence-electron chi connectivity index (χ4n) is 3.94. The zero-order valence-electron chi connectivity index (χ0n) is 19.9. The summed E-state index contributed by atoms with van der Waals surface area (Å²) in [5.74, 6) is 1.21. The van der Waals surface area contributed by atoms with Crippen molar-refractivity contribution in [1.29, 1.82) is 0 Å². The molecule has 0 bridgehead atoms. The molecule has 7 nitrogen and oxygen atoms in total. The Morgan fingerprint density at radius 1 is 0.939 bits per heavy atom. The number of hydrogen-bond acceptors (Lipinski definition) is 6. The summed E-state index contributed by atoms with van der Waals surface area (Å²) in [5.41, 5.74) is 1.96. The number of rotatable bonds is 10. The maximum atomic E-state index is 13.3. The Morgan fingerprint density at radius 3 is 2.09 bits per heavy atom. The zero-order chi connectivity index (χ0) is 23.8. The topological polar surface area (TPSA) is 63.3 Å². The van der Waals surface area contributed by atoms with Crippen molar-refractivity contribution in [3.05, 3.63) is 40.9 Å². The minimum absolute atomic E-state index is 0.268. The van der Waals surface area contributed by atoms with E-state index in [1.807, 2.05) is 39.0 Å². The van der Waals surface area contributed by atoms with Gasteiger partial charge in [-0.05, 0) is 51.6 Å². The number of nitrogens with zero attached hydrogens (tertiary/aromatic N) is 2. The van der Waals surface area contributed by atoms with Gasteiger partial charge in [0.05, 0.1) is 36.2 Å². The molecule has 1 amide bonds. The van der Waals surface area contributed by atoms with Crippen molar-refractivity contribution in [1.82, 2.24) is 4.90 Å². The summed E-state index contributed by atoms with van der Waals surface area (Å²) in [6, 6.07) is 8.97. The molecule has 0 atom stereocenters. The van der Waals surface area contributed by atoms with E-state index in [-0.39, 0.29) is 5.91 Å². The van der Waals surface area contributed by atoms with Crippen molar-refractivity contribution in [2.75, 3.05) is 62.8 Å². The van der Waals surface area contributed by atoms with E-state index >= 15 is 0 Å². The fourth-order valence-corrected chi connectivity index (χ4v) is 4.23. The minimum atomic E-state index is -0.268. The van der Waals surface area contributed by atoms with Crippen LogP contribution in [0.1, 0.15) is 38.1 Å². The quantitative estimate of drug-likeness (QED) is 0.525. The van der Waals surface area contributed by atoms with Crippen molar-refractivity contribution in [2.24, 2.45) is 0 Å². The van der Waals surface area contributed by atoms with Gasteiger partial charge in [0, 0.05) is 31.7 Å². The van der Waals surface area contributed by atoms with Gasteiger partial charge in [0.25, 0.3) is 5.91 Å². The Hall–Kier alpha value is -2.64. The minimum Gasteiger partial charge on any atom is -0.490 e. The molecule has 0 unspecified atom stereocenters. The molecule has 3 rings (SSSR count). The highest BCUT2D eigenvalue weighted by Crippen LogP contribution is 2.40. The van der Waals surface area contributed by atoms with Crippen LogP contribution in [0.3, 0.4) is 0 Å². The molecule has 1 saturated heterocycles. The van der Waals surface area contributed by atoms with E-state index in [9.17, 15) is 4.79 Å². The smallest absolute Gasteiger partial charge is 0.255 e. The van der Waals surface area contributed by atoms with Crippen LogP contribution in [0.4, 0.5) is 11.4 Å². The van der Waals surface area contributed by atoms with Crippen LogP contribution in [-0.2, 0) is 0 Å². The third-order valence-electron chi connectivity index (χ3n) is 5.54. The number of para-hydroxylation sites is 1. The molecule has 0 aliphatic carbocycles. The fraction of sp³-hybridized carbons (Fsp3) is 0.480. The SMILES string of the molecule is CCOc1cc(C(=O)Nc2cccc(Cl)c2N2CCN(CC)CC2)cc(OCC)c1OCC. The Bertz CT molecular complexity index is 918. The molecule has 1 fully saturated rings. The van der Waals surface area contributed by atoms with Gasteiger partial charge < -0.3 is 29.3 Å². The lowest BCUT2D eigenvalue weighted by atomic mass is 10.1. The van der Waals surface area contributed by atoms with E-state index in [1.54, 1.807) is 12.1 Å². The normalized spacial score (nSPS) is 14.2. The number of ether oxygens (including phenoxy) is 3. The number of piperazine rings is 1. The van der Waals surface area contributed by atoms with Crippen LogP contribution in [0.25, 0.3) is 0 Å². The van der Waals surface area contributed by atoms with E-state index in [1.165, 1.54) is 0 Å². The summed E-state index contributed by atoms with van der Waals surface area (Å²) in [7, 11) is 0. The van der Waals surface area contributed by atoms with Crippen LogP contribution in [0.15, 0.2) is 30.3 Å². The maximum absolute atomic E-state index is 13.3. The number of likely N-dealkylation sites (N-methyl/N-ethyl adjacent to an activating group) is 1. The number of halogens is 1. The number of carbonyl (C=O) groups excluding carboxylic acids is 1. The van der Waals surface area contributed by atoms with E-state index in [0.29, 0.717) is 53.3 Å². The van der Waals surface area contributed by atoms with Crippen molar-refractivity contribution in [3.8, 4) is 17.2 Å². The molecular weight excluding hydrogens is 442 g/mol. The molecule has 33 heavy (non-hydrogen) atoms. The molecule has 0 saturated carbocycles. The molecule has 180 valence electrons. The molecule has 2 aromatic rings. The number of nitrogens with one attached hydrogen (secondary N) is 1. The Morgan fingerprint density at radius 2 is 1.55 bits per heavy atom. The summed E-state index contributed by atoms with van der Waals surface area (Å²) < 4.78 is 17.3.